The summed E-state index contributed by atoms with van der Waals surface area (Å²) in [6.45, 7) is 5.99. The lowest BCUT2D eigenvalue weighted by atomic mass is 10.00. The van der Waals surface area contributed by atoms with Crippen LogP contribution in [-0.4, -0.2) is 24.3 Å². The van der Waals surface area contributed by atoms with Crippen LogP contribution in [0.4, 0.5) is 0 Å². The van der Waals surface area contributed by atoms with Gasteiger partial charge in [0.1, 0.15) is 5.75 Å². The number of aryl methyl sites for hydroxylation is 1. The number of Topliss-reactive ketones (excluding diaryl/α,β-unsaturated/α-hetero) is 1. The molecule has 1 aromatic rings. The quantitative estimate of drug-likeness (QED) is 0.887. The molecule has 0 spiro atoms. The molecule has 1 amide bonds. The van der Waals surface area contributed by atoms with Crippen molar-refractivity contribution in [2.75, 3.05) is 6.61 Å². The molecule has 19 heavy (non-hydrogen) atoms. The van der Waals surface area contributed by atoms with Gasteiger partial charge < -0.3 is 10.1 Å². The minimum absolute atomic E-state index is 0.0646. The largest absolute Gasteiger partial charge is 0.493 e. The lowest BCUT2D eigenvalue weighted by Crippen LogP contribution is -2.42. The third-order valence-electron chi connectivity index (χ3n) is 3.22. The number of fused-ring (bicyclic) bond motifs is 1. The molecular weight excluding hydrogens is 242 g/mol. The van der Waals surface area contributed by atoms with Crippen molar-refractivity contribution < 1.29 is 14.3 Å². The molecule has 1 aliphatic rings. The fourth-order valence-corrected chi connectivity index (χ4v) is 2.04. The Balaban J connectivity index is 2.25. The number of hydrogen-bond donors (Lipinski definition) is 1. The molecule has 2 rings (SSSR count). The van der Waals surface area contributed by atoms with Gasteiger partial charge in [0.2, 0.25) is 5.91 Å². The molecule has 0 aromatic heterocycles. The first-order valence-electron chi connectivity index (χ1n) is 6.57. The second-order valence-corrected chi connectivity index (χ2v) is 5.22. The summed E-state index contributed by atoms with van der Waals surface area (Å²) in [5.74, 6) is 0.311. The van der Waals surface area contributed by atoms with Crippen LogP contribution in [0.2, 0.25) is 0 Å². The van der Waals surface area contributed by atoms with Gasteiger partial charge in [0.25, 0.3) is 0 Å². The lowest BCUT2D eigenvalue weighted by molar-refractivity contribution is -0.124. The zero-order chi connectivity index (χ0) is 14.0. The normalized spacial score (nSPS) is 18.5. The van der Waals surface area contributed by atoms with Crippen LogP contribution in [0.1, 0.15) is 36.2 Å². The third-order valence-corrected chi connectivity index (χ3v) is 3.22. The Bertz CT molecular complexity index is 508. The molecule has 0 saturated heterocycles. The molecule has 0 saturated carbocycles. The molecule has 1 unspecified atom stereocenters. The topological polar surface area (TPSA) is 55.4 Å². The van der Waals surface area contributed by atoms with Gasteiger partial charge in [0.15, 0.2) is 5.78 Å². The van der Waals surface area contributed by atoms with Crippen LogP contribution in [0, 0.1) is 12.8 Å². The standard InChI is InChI=1S/C15H19NO3/c1-9(2)15(18)16-12-6-7-19-13-5-4-10(3)8-11(13)14(12)17/h4-5,8-9,12H,6-7H2,1-3H3,(H,16,18). The van der Waals surface area contributed by atoms with Crippen LogP contribution in [0.25, 0.3) is 0 Å². The minimum atomic E-state index is -0.488. The summed E-state index contributed by atoms with van der Waals surface area (Å²) >= 11 is 0. The monoisotopic (exact) mass is 261 g/mol. The number of benzene rings is 1. The van der Waals surface area contributed by atoms with Crippen LogP contribution < -0.4 is 10.1 Å². The van der Waals surface area contributed by atoms with Gasteiger partial charge in [-0.3, -0.25) is 9.59 Å². The highest BCUT2D eigenvalue weighted by Crippen LogP contribution is 2.25. The minimum Gasteiger partial charge on any atom is -0.493 e. The third kappa shape index (κ3) is 2.95. The Morgan fingerprint density at radius 2 is 2.16 bits per heavy atom. The van der Waals surface area contributed by atoms with Crippen molar-refractivity contribution in [1.29, 1.82) is 0 Å². The molecule has 102 valence electrons. The van der Waals surface area contributed by atoms with Gasteiger partial charge in [-0.2, -0.15) is 0 Å². The molecule has 4 nitrogen and oxygen atoms in total. The molecule has 4 heteroatoms. The number of hydrogen-bond acceptors (Lipinski definition) is 3. The molecule has 0 aliphatic carbocycles. The molecule has 1 N–H and O–H groups in total. The molecule has 0 radical (unpaired) electrons. The smallest absolute Gasteiger partial charge is 0.223 e. The second kappa shape index (κ2) is 5.43. The van der Waals surface area contributed by atoms with Crippen molar-refractivity contribution in [1.82, 2.24) is 5.32 Å². The van der Waals surface area contributed by atoms with Crippen LogP contribution in [-0.2, 0) is 4.79 Å². The highest BCUT2D eigenvalue weighted by atomic mass is 16.5. The zero-order valence-corrected chi connectivity index (χ0v) is 11.5. The fourth-order valence-electron chi connectivity index (χ4n) is 2.04. The zero-order valence-electron chi connectivity index (χ0n) is 11.5. The first-order chi connectivity index (χ1) is 8.99. The van der Waals surface area contributed by atoms with E-state index < -0.39 is 6.04 Å². The van der Waals surface area contributed by atoms with Gasteiger partial charge in [-0.05, 0) is 19.1 Å². The van der Waals surface area contributed by atoms with E-state index in [0.29, 0.717) is 24.3 Å². The highest BCUT2D eigenvalue weighted by molar-refractivity contribution is 6.04. The Morgan fingerprint density at radius 1 is 1.42 bits per heavy atom. The van der Waals surface area contributed by atoms with Gasteiger partial charge in [-0.15, -0.1) is 0 Å². The summed E-state index contributed by atoms with van der Waals surface area (Å²) in [6, 6.07) is 5.06. The second-order valence-electron chi connectivity index (χ2n) is 5.22. The van der Waals surface area contributed by atoms with Crippen LogP contribution in [0.3, 0.4) is 0 Å². The Morgan fingerprint density at radius 3 is 2.84 bits per heavy atom. The van der Waals surface area contributed by atoms with E-state index in [2.05, 4.69) is 5.32 Å². The number of amides is 1. The van der Waals surface area contributed by atoms with Gasteiger partial charge in [-0.25, -0.2) is 0 Å². The number of carbonyl (C=O) groups excluding carboxylic acids is 2. The van der Waals surface area contributed by atoms with Gasteiger partial charge in [0, 0.05) is 12.3 Å². The molecule has 0 fully saturated rings. The van der Waals surface area contributed by atoms with E-state index >= 15 is 0 Å². The van der Waals surface area contributed by atoms with Crippen molar-refractivity contribution in [2.24, 2.45) is 5.92 Å². The Hall–Kier alpha value is -1.84. The van der Waals surface area contributed by atoms with E-state index in [9.17, 15) is 9.59 Å². The number of nitrogens with one attached hydrogen (secondary N) is 1. The first-order valence-corrected chi connectivity index (χ1v) is 6.57. The molecular formula is C15H19NO3. The Labute approximate surface area is 113 Å². The summed E-state index contributed by atoms with van der Waals surface area (Å²) in [5, 5.41) is 2.80. The molecule has 1 atom stereocenters. The van der Waals surface area contributed by atoms with Gasteiger partial charge in [-0.1, -0.05) is 25.5 Å². The van der Waals surface area contributed by atoms with E-state index in [4.69, 9.17) is 4.74 Å². The van der Waals surface area contributed by atoms with Crippen molar-refractivity contribution in [3.05, 3.63) is 29.3 Å². The Kier molecular flexibility index (Phi) is 3.88. The fraction of sp³-hybridized carbons (Fsp3) is 0.467. The van der Waals surface area contributed by atoms with E-state index in [0.717, 1.165) is 5.56 Å². The summed E-state index contributed by atoms with van der Waals surface area (Å²) in [6.07, 6.45) is 0.505. The highest BCUT2D eigenvalue weighted by Gasteiger charge is 2.28. The van der Waals surface area contributed by atoms with E-state index in [-0.39, 0.29) is 17.6 Å². The van der Waals surface area contributed by atoms with Crippen LogP contribution in [0.5, 0.6) is 5.75 Å². The predicted octanol–water partition coefficient (Wildman–Crippen LogP) is 2.10. The first kappa shape index (κ1) is 13.6. The number of ketones is 1. The maximum Gasteiger partial charge on any atom is 0.223 e. The van der Waals surface area contributed by atoms with Gasteiger partial charge in [0.05, 0.1) is 18.2 Å². The van der Waals surface area contributed by atoms with Crippen molar-refractivity contribution in [3.63, 3.8) is 0 Å². The number of carbonyl (C=O) groups is 2. The number of rotatable bonds is 2. The van der Waals surface area contributed by atoms with Crippen molar-refractivity contribution >= 4 is 11.7 Å². The SMILES string of the molecule is Cc1ccc2c(c1)C(=O)C(NC(=O)C(C)C)CCO2. The maximum atomic E-state index is 12.5. The predicted molar refractivity (Wildman–Crippen MR) is 72.4 cm³/mol. The summed E-state index contributed by atoms with van der Waals surface area (Å²) in [5.41, 5.74) is 1.57. The summed E-state index contributed by atoms with van der Waals surface area (Å²) < 4.78 is 5.57. The van der Waals surface area contributed by atoms with Gasteiger partial charge >= 0.3 is 0 Å². The average Bonchev–Trinajstić information content (AvgIpc) is 2.51. The van der Waals surface area contributed by atoms with Crippen LogP contribution in [0.15, 0.2) is 18.2 Å². The van der Waals surface area contributed by atoms with Crippen molar-refractivity contribution in [2.45, 2.75) is 33.2 Å². The molecule has 1 aliphatic heterocycles. The lowest BCUT2D eigenvalue weighted by Gasteiger charge is -2.16. The molecule has 1 aromatic carbocycles. The molecule has 0 bridgehead atoms. The summed E-state index contributed by atoms with van der Waals surface area (Å²) in [7, 11) is 0. The maximum absolute atomic E-state index is 12.5. The van der Waals surface area contributed by atoms with E-state index in [1.807, 2.05) is 39.0 Å². The van der Waals surface area contributed by atoms with E-state index in [1.165, 1.54) is 0 Å². The summed E-state index contributed by atoms with van der Waals surface area (Å²) in [4.78, 5) is 24.2. The van der Waals surface area contributed by atoms with Crippen LogP contribution >= 0.6 is 0 Å². The molecule has 1 heterocycles. The van der Waals surface area contributed by atoms with E-state index in [1.54, 1.807) is 0 Å². The average molecular weight is 261 g/mol. The number of ether oxygens (including phenoxy) is 1. The van der Waals surface area contributed by atoms with Crippen molar-refractivity contribution in [3.8, 4) is 5.75 Å².